The van der Waals surface area contributed by atoms with Gasteiger partial charge in [-0.25, -0.2) is 4.39 Å². The molecular weight excluding hydrogens is 335 g/mol. The summed E-state index contributed by atoms with van der Waals surface area (Å²) in [5.74, 6) is -1.66. The summed E-state index contributed by atoms with van der Waals surface area (Å²) in [5, 5.41) is 2.62. The lowest BCUT2D eigenvalue weighted by Crippen LogP contribution is -2.33. The van der Waals surface area contributed by atoms with Crippen LogP contribution in [0.5, 0.6) is 0 Å². The summed E-state index contributed by atoms with van der Waals surface area (Å²) in [6, 6.07) is 13.2. The number of Topliss-reactive ketones (excluding diaryl/α,β-unsaturated/α-hetero) is 1. The maximum atomic E-state index is 13.2. The maximum Gasteiger partial charge on any atom is 0.294 e. The molecule has 1 aromatic carbocycles. The van der Waals surface area contributed by atoms with E-state index in [0.29, 0.717) is 30.7 Å². The van der Waals surface area contributed by atoms with E-state index < -0.39 is 11.7 Å². The summed E-state index contributed by atoms with van der Waals surface area (Å²) in [4.78, 5) is 25.1. The van der Waals surface area contributed by atoms with Crippen molar-refractivity contribution in [3.63, 3.8) is 0 Å². The first-order chi connectivity index (χ1) is 12.6. The van der Waals surface area contributed by atoms with Gasteiger partial charge in [-0.3, -0.25) is 9.59 Å². The summed E-state index contributed by atoms with van der Waals surface area (Å²) in [6.45, 7) is 0.858. The van der Waals surface area contributed by atoms with Crippen molar-refractivity contribution < 1.29 is 18.7 Å². The summed E-state index contributed by atoms with van der Waals surface area (Å²) in [7, 11) is 1.58. The Balaban J connectivity index is 1.98. The Morgan fingerprint density at radius 3 is 2.65 bits per heavy atom. The molecule has 0 radical (unpaired) electrons. The number of hydrogen-bond acceptors (Lipinski definition) is 3. The molecule has 2 heterocycles. The fourth-order valence-corrected chi connectivity index (χ4v) is 2.81. The molecule has 0 fully saturated rings. The largest absolute Gasteiger partial charge is 0.385 e. The van der Waals surface area contributed by atoms with Gasteiger partial charge in [0, 0.05) is 37.5 Å². The van der Waals surface area contributed by atoms with E-state index in [0.717, 1.165) is 5.52 Å². The predicted molar refractivity (Wildman–Crippen MR) is 96.6 cm³/mol. The zero-order chi connectivity index (χ0) is 18.5. The van der Waals surface area contributed by atoms with Crippen LogP contribution in [0.15, 0.2) is 54.7 Å². The number of fused-ring (bicyclic) bond motifs is 1. The van der Waals surface area contributed by atoms with Gasteiger partial charge in [0.05, 0.1) is 0 Å². The van der Waals surface area contributed by atoms with E-state index >= 15 is 0 Å². The van der Waals surface area contributed by atoms with Crippen molar-refractivity contribution >= 4 is 17.2 Å². The molecule has 0 unspecified atom stereocenters. The number of amides is 1. The molecule has 0 spiro atoms. The minimum atomic E-state index is -0.673. The average Bonchev–Trinajstić information content (AvgIpc) is 3.04. The highest BCUT2D eigenvalue weighted by Gasteiger charge is 2.24. The highest BCUT2D eigenvalue weighted by molar-refractivity contribution is 6.43. The Labute approximate surface area is 150 Å². The number of rotatable bonds is 7. The molecule has 1 N–H and O–H groups in total. The van der Waals surface area contributed by atoms with Crippen LogP contribution in [0.2, 0.25) is 0 Å². The van der Waals surface area contributed by atoms with Crippen molar-refractivity contribution in [2.75, 3.05) is 20.3 Å². The van der Waals surface area contributed by atoms with E-state index in [9.17, 15) is 14.0 Å². The minimum absolute atomic E-state index is 0.261. The molecule has 26 heavy (non-hydrogen) atoms. The van der Waals surface area contributed by atoms with E-state index in [1.165, 1.54) is 12.1 Å². The van der Waals surface area contributed by atoms with Crippen LogP contribution in [0.4, 0.5) is 4.39 Å². The first-order valence-corrected chi connectivity index (χ1v) is 8.29. The number of methoxy groups -OCH3 is 1. The smallest absolute Gasteiger partial charge is 0.294 e. The normalized spacial score (nSPS) is 10.8. The third-order valence-electron chi connectivity index (χ3n) is 4.07. The Kier molecular flexibility index (Phi) is 5.43. The second-order valence-corrected chi connectivity index (χ2v) is 5.84. The molecule has 1 amide bonds. The van der Waals surface area contributed by atoms with Crippen LogP contribution in [0.1, 0.15) is 16.9 Å². The number of carbonyl (C=O) groups excluding carboxylic acids is 2. The summed E-state index contributed by atoms with van der Waals surface area (Å²) >= 11 is 0. The molecule has 0 saturated heterocycles. The van der Waals surface area contributed by atoms with Gasteiger partial charge in [-0.1, -0.05) is 18.2 Å². The maximum absolute atomic E-state index is 13.2. The fraction of sp³-hybridized carbons (Fsp3) is 0.200. The molecule has 0 aliphatic carbocycles. The topological polar surface area (TPSA) is 59.8 Å². The number of nitrogens with zero attached hydrogens (tertiary/aromatic N) is 1. The summed E-state index contributed by atoms with van der Waals surface area (Å²) in [5.41, 5.74) is 2.30. The number of ketones is 1. The number of hydrogen-bond donors (Lipinski definition) is 1. The van der Waals surface area contributed by atoms with Crippen LogP contribution in [0.3, 0.4) is 0 Å². The molecule has 6 heteroatoms. The molecule has 3 aromatic rings. The number of carbonyl (C=O) groups is 2. The highest BCUT2D eigenvalue weighted by atomic mass is 19.1. The second-order valence-electron chi connectivity index (χ2n) is 5.84. The van der Waals surface area contributed by atoms with Gasteiger partial charge in [-0.2, -0.15) is 0 Å². The molecule has 0 atom stereocenters. The van der Waals surface area contributed by atoms with Gasteiger partial charge >= 0.3 is 0 Å². The highest BCUT2D eigenvalue weighted by Crippen LogP contribution is 2.28. The van der Waals surface area contributed by atoms with Gasteiger partial charge in [0.15, 0.2) is 0 Å². The quantitative estimate of drug-likeness (QED) is 0.403. The van der Waals surface area contributed by atoms with Crippen molar-refractivity contribution in [3.05, 3.63) is 66.2 Å². The number of pyridine rings is 1. The molecule has 5 nitrogen and oxygen atoms in total. The fourth-order valence-electron chi connectivity index (χ4n) is 2.81. The molecule has 3 rings (SSSR count). The standard InChI is InChI=1S/C20H19FN2O3/c1-26-12-4-10-22-20(25)19(24)18-17(14-6-8-15(21)9-7-14)13-16-5-2-3-11-23(16)18/h2-3,5-9,11,13H,4,10,12H2,1H3,(H,22,25). The molecule has 0 aliphatic heterocycles. The van der Waals surface area contributed by atoms with Crippen LogP contribution in [-0.2, 0) is 9.53 Å². The summed E-state index contributed by atoms with van der Waals surface area (Å²) in [6.07, 6.45) is 2.35. The van der Waals surface area contributed by atoms with E-state index in [4.69, 9.17) is 4.74 Å². The molecule has 134 valence electrons. The van der Waals surface area contributed by atoms with Crippen LogP contribution in [-0.4, -0.2) is 36.4 Å². The van der Waals surface area contributed by atoms with Crippen LogP contribution >= 0.6 is 0 Å². The number of benzene rings is 1. The third-order valence-corrected chi connectivity index (χ3v) is 4.07. The van der Waals surface area contributed by atoms with Gasteiger partial charge in [0.25, 0.3) is 11.7 Å². The number of ether oxygens (including phenoxy) is 1. The van der Waals surface area contributed by atoms with Gasteiger partial charge < -0.3 is 14.5 Å². The Bertz CT molecular complexity index is 932. The number of halogens is 1. The van der Waals surface area contributed by atoms with Crippen molar-refractivity contribution in [1.29, 1.82) is 0 Å². The number of nitrogens with one attached hydrogen (secondary N) is 1. The third kappa shape index (κ3) is 3.65. The molecular formula is C20H19FN2O3. The lowest BCUT2D eigenvalue weighted by atomic mass is 10.0. The molecule has 0 saturated carbocycles. The first-order valence-electron chi connectivity index (χ1n) is 8.29. The van der Waals surface area contributed by atoms with Crippen molar-refractivity contribution in [3.8, 4) is 11.1 Å². The van der Waals surface area contributed by atoms with Gasteiger partial charge in [0.2, 0.25) is 0 Å². The number of aromatic nitrogens is 1. The lowest BCUT2D eigenvalue weighted by Gasteiger charge is -2.07. The van der Waals surface area contributed by atoms with Gasteiger partial charge in [-0.15, -0.1) is 0 Å². The van der Waals surface area contributed by atoms with E-state index in [1.807, 2.05) is 18.2 Å². The Hall–Kier alpha value is -2.99. The zero-order valence-electron chi connectivity index (χ0n) is 14.4. The van der Waals surface area contributed by atoms with Crippen molar-refractivity contribution in [1.82, 2.24) is 9.72 Å². The Morgan fingerprint density at radius 2 is 1.92 bits per heavy atom. The van der Waals surface area contributed by atoms with E-state index in [-0.39, 0.29) is 11.5 Å². The second kappa shape index (κ2) is 7.93. The summed E-state index contributed by atoms with van der Waals surface area (Å²) < 4.78 is 19.9. The van der Waals surface area contributed by atoms with Gasteiger partial charge in [-0.05, 0) is 42.3 Å². The predicted octanol–water partition coefficient (Wildman–Crippen LogP) is 3.08. The molecule has 2 aromatic heterocycles. The Morgan fingerprint density at radius 1 is 1.15 bits per heavy atom. The monoisotopic (exact) mass is 354 g/mol. The van der Waals surface area contributed by atoms with Crippen LogP contribution in [0.25, 0.3) is 16.6 Å². The van der Waals surface area contributed by atoms with E-state index in [1.54, 1.807) is 35.9 Å². The van der Waals surface area contributed by atoms with Crippen LogP contribution in [0, 0.1) is 5.82 Å². The SMILES string of the molecule is COCCCNC(=O)C(=O)c1c(-c2ccc(F)cc2)cc2ccccn12. The van der Waals surface area contributed by atoms with E-state index in [2.05, 4.69) is 5.32 Å². The van der Waals surface area contributed by atoms with Crippen molar-refractivity contribution in [2.24, 2.45) is 0 Å². The van der Waals surface area contributed by atoms with Crippen molar-refractivity contribution in [2.45, 2.75) is 6.42 Å². The molecule has 0 bridgehead atoms. The average molecular weight is 354 g/mol. The lowest BCUT2D eigenvalue weighted by molar-refractivity contribution is -0.117. The molecule has 0 aliphatic rings. The minimum Gasteiger partial charge on any atom is -0.385 e. The zero-order valence-corrected chi connectivity index (χ0v) is 14.4. The van der Waals surface area contributed by atoms with Gasteiger partial charge in [0.1, 0.15) is 11.5 Å². The van der Waals surface area contributed by atoms with Crippen LogP contribution < -0.4 is 5.32 Å². The first kappa shape index (κ1) is 17.8.